The Morgan fingerprint density at radius 1 is 1.42 bits per heavy atom. The number of hydrogen-bond acceptors (Lipinski definition) is 4. The van der Waals surface area contributed by atoms with Crippen molar-refractivity contribution in [3.8, 4) is 5.75 Å². The SMILES string of the molecule is COc1cc(N)cc(C(=O)Nc2cccnc2Cl)c1. The number of rotatable bonds is 3. The maximum absolute atomic E-state index is 12.1. The van der Waals surface area contributed by atoms with Gasteiger partial charge in [-0.25, -0.2) is 4.98 Å². The molecule has 1 aromatic carbocycles. The number of anilines is 2. The van der Waals surface area contributed by atoms with Crippen molar-refractivity contribution in [2.45, 2.75) is 0 Å². The molecule has 0 aliphatic carbocycles. The van der Waals surface area contributed by atoms with Gasteiger partial charge in [-0.1, -0.05) is 11.6 Å². The van der Waals surface area contributed by atoms with E-state index in [0.717, 1.165) is 0 Å². The molecule has 98 valence electrons. The van der Waals surface area contributed by atoms with Gasteiger partial charge >= 0.3 is 0 Å². The number of nitrogens with two attached hydrogens (primary N) is 1. The highest BCUT2D eigenvalue weighted by atomic mass is 35.5. The lowest BCUT2D eigenvalue weighted by atomic mass is 10.1. The summed E-state index contributed by atoms with van der Waals surface area (Å²) < 4.78 is 5.06. The third kappa shape index (κ3) is 3.14. The number of nitrogens with zero attached hydrogens (tertiary/aromatic N) is 1. The summed E-state index contributed by atoms with van der Waals surface area (Å²) in [7, 11) is 1.51. The van der Waals surface area contributed by atoms with Gasteiger partial charge in [-0.3, -0.25) is 4.79 Å². The van der Waals surface area contributed by atoms with Gasteiger partial charge in [-0.2, -0.15) is 0 Å². The van der Waals surface area contributed by atoms with E-state index >= 15 is 0 Å². The van der Waals surface area contributed by atoms with Crippen molar-refractivity contribution in [3.63, 3.8) is 0 Å². The summed E-state index contributed by atoms with van der Waals surface area (Å²) >= 11 is 5.87. The largest absolute Gasteiger partial charge is 0.497 e. The van der Waals surface area contributed by atoms with E-state index in [-0.39, 0.29) is 11.1 Å². The Morgan fingerprint density at radius 3 is 2.89 bits per heavy atom. The van der Waals surface area contributed by atoms with E-state index in [4.69, 9.17) is 22.1 Å². The average Bonchev–Trinajstić information content (AvgIpc) is 2.40. The van der Waals surface area contributed by atoms with Crippen LogP contribution in [0.3, 0.4) is 0 Å². The Bertz CT molecular complexity index is 617. The zero-order chi connectivity index (χ0) is 13.8. The van der Waals surface area contributed by atoms with Gasteiger partial charge in [0, 0.05) is 23.5 Å². The summed E-state index contributed by atoms with van der Waals surface area (Å²) in [6, 6.07) is 8.13. The first kappa shape index (κ1) is 13.2. The van der Waals surface area contributed by atoms with Crippen LogP contribution in [0, 0.1) is 0 Å². The van der Waals surface area contributed by atoms with Crippen molar-refractivity contribution in [2.75, 3.05) is 18.2 Å². The van der Waals surface area contributed by atoms with Crippen molar-refractivity contribution in [1.29, 1.82) is 0 Å². The average molecular weight is 278 g/mol. The summed E-state index contributed by atoms with van der Waals surface area (Å²) in [4.78, 5) is 16.0. The first-order chi connectivity index (χ1) is 9.10. The smallest absolute Gasteiger partial charge is 0.255 e. The molecule has 1 amide bonds. The third-order valence-corrected chi connectivity index (χ3v) is 2.74. The summed E-state index contributed by atoms with van der Waals surface area (Å²) in [6.07, 6.45) is 1.54. The van der Waals surface area contributed by atoms with E-state index in [9.17, 15) is 4.79 Å². The number of nitrogen functional groups attached to an aromatic ring is 1. The first-order valence-electron chi connectivity index (χ1n) is 5.46. The lowest BCUT2D eigenvalue weighted by Crippen LogP contribution is -2.13. The zero-order valence-corrected chi connectivity index (χ0v) is 10.9. The van der Waals surface area contributed by atoms with Crippen LogP contribution in [0.25, 0.3) is 0 Å². The molecule has 1 heterocycles. The number of amides is 1. The molecule has 5 nitrogen and oxygen atoms in total. The van der Waals surface area contributed by atoms with Crippen molar-refractivity contribution < 1.29 is 9.53 Å². The number of nitrogens with one attached hydrogen (secondary N) is 1. The van der Waals surface area contributed by atoms with Crippen LogP contribution in [0.2, 0.25) is 5.15 Å². The van der Waals surface area contributed by atoms with E-state index in [1.807, 2.05) is 0 Å². The van der Waals surface area contributed by atoms with E-state index in [0.29, 0.717) is 22.7 Å². The second-order valence-corrected chi connectivity index (χ2v) is 4.15. The molecule has 19 heavy (non-hydrogen) atoms. The maximum Gasteiger partial charge on any atom is 0.255 e. The molecular formula is C13H12ClN3O2. The predicted molar refractivity (Wildman–Crippen MR) is 74.6 cm³/mol. The molecule has 1 aromatic heterocycles. The molecule has 0 saturated carbocycles. The van der Waals surface area contributed by atoms with Gasteiger partial charge < -0.3 is 15.8 Å². The zero-order valence-electron chi connectivity index (χ0n) is 10.2. The minimum atomic E-state index is -0.333. The lowest BCUT2D eigenvalue weighted by molar-refractivity contribution is 0.102. The molecule has 0 fully saturated rings. The molecule has 6 heteroatoms. The summed E-state index contributed by atoms with van der Waals surface area (Å²) in [5, 5.41) is 2.89. The number of halogens is 1. The summed E-state index contributed by atoms with van der Waals surface area (Å²) in [5.74, 6) is 0.183. The van der Waals surface area contributed by atoms with E-state index in [2.05, 4.69) is 10.3 Å². The Kier molecular flexibility index (Phi) is 3.87. The van der Waals surface area contributed by atoms with Crippen LogP contribution in [-0.2, 0) is 0 Å². The number of benzene rings is 1. The van der Waals surface area contributed by atoms with Crippen LogP contribution in [0.1, 0.15) is 10.4 Å². The fourth-order valence-corrected chi connectivity index (χ4v) is 1.71. The molecule has 0 unspecified atom stereocenters. The molecule has 2 rings (SSSR count). The first-order valence-corrected chi connectivity index (χ1v) is 5.84. The fraction of sp³-hybridized carbons (Fsp3) is 0.0769. The molecule has 3 N–H and O–H groups in total. The molecule has 0 aliphatic heterocycles. The lowest BCUT2D eigenvalue weighted by Gasteiger charge is -2.08. The van der Waals surface area contributed by atoms with Crippen molar-refractivity contribution >= 4 is 28.9 Å². The molecular weight excluding hydrogens is 266 g/mol. The van der Waals surface area contributed by atoms with Crippen LogP contribution < -0.4 is 15.8 Å². The third-order valence-electron chi connectivity index (χ3n) is 2.43. The van der Waals surface area contributed by atoms with Gasteiger partial charge in [0.1, 0.15) is 5.75 Å². The fourth-order valence-electron chi connectivity index (χ4n) is 1.54. The number of methoxy groups -OCH3 is 1. The van der Waals surface area contributed by atoms with Gasteiger partial charge in [0.2, 0.25) is 0 Å². The Morgan fingerprint density at radius 2 is 2.21 bits per heavy atom. The molecule has 0 bridgehead atoms. The minimum Gasteiger partial charge on any atom is -0.497 e. The van der Waals surface area contributed by atoms with Crippen molar-refractivity contribution in [1.82, 2.24) is 4.98 Å². The van der Waals surface area contributed by atoms with E-state index in [1.165, 1.54) is 7.11 Å². The van der Waals surface area contributed by atoms with Crippen molar-refractivity contribution in [3.05, 3.63) is 47.2 Å². The predicted octanol–water partition coefficient (Wildman–Crippen LogP) is 2.58. The highest BCUT2D eigenvalue weighted by Crippen LogP contribution is 2.22. The monoisotopic (exact) mass is 277 g/mol. The van der Waals surface area contributed by atoms with Gasteiger partial charge in [0.25, 0.3) is 5.91 Å². The van der Waals surface area contributed by atoms with Crippen LogP contribution in [0.5, 0.6) is 5.75 Å². The van der Waals surface area contributed by atoms with Crippen LogP contribution >= 0.6 is 11.6 Å². The molecule has 0 aliphatic rings. The second-order valence-electron chi connectivity index (χ2n) is 3.79. The Balaban J connectivity index is 2.25. The molecule has 2 aromatic rings. The summed E-state index contributed by atoms with van der Waals surface area (Å²) in [5.41, 5.74) is 6.97. The maximum atomic E-state index is 12.1. The number of ether oxygens (including phenoxy) is 1. The van der Waals surface area contributed by atoms with Gasteiger partial charge in [-0.05, 0) is 24.3 Å². The van der Waals surface area contributed by atoms with Crippen molar-refractivity contribution in [2.24, 2.45) is 0 Å². The highest BCUT2D eigenvalue weighted by molar-refractivity contribution is 6.32. The highest BCUT2D eigenvalue weighted by Gasteiger charge is 2.10. The van der Waals surface area contributed by atoms with E-state index < -0.39 is 0 Å². The van der Waals surface area contributed by atoms with E-state index in [1.54, 1.807) is 36.5 Å². The number of carbonyl (C=O) groups excluding carboxylic acids is 1. The Labute approximate surface area is 115 Å². The van der Waals surface area contributed by atoms with Gasteiger partial charge in [-0.15, -0.1) is 0 Å². The normalized spacial score (nSPS) is 10.0. The second kappa shape index (κ2) is 5.58. The number of hydrogen-bond donors (Lipinski definition) is 2. The number of aromatic nitrogens is 1. The van der Waals surface area contributed by atoms with Gasteiger partial charge in [0.15, 0.2) is 5.15 Å². The quantitative estimate of drug-likeness (QED) is 0.668. The molecule has 0 saturated heterocycles. The number of pyridine rings is 1. The topological polar surface area (TPSA) is 77.2 Å². The molecule has 0 spiro atoms. The van der Waals surface area contributed by atoms with Crippen LogP contribution in [0.4, 0.5) is 11.4 Å². The summed E-state index contributed by atoms with van der Waals surface area (Å²) in [6.45, 7) is 0. The van der Waals surface area contributed by atoms with Gasteiger partial charge in [0.05, 0.1) is 12.8 Å². The van der Waals surface area contributed by atoms with Crippen LogP contribution in [-0.4, -0.2) is 18.0 Å². The van der Waals surface area contributed by atoms with Crippen LogP contribution in [0.15, 0.2) is 36.5 Å². The molecule has 0 atom stereocenters. The minimum absolute atomic E-state index is 0.228. The standard InChI is InChI=1S/C13H12ClN3O2/c1-19-10-6-8(5-9(15)7-10)13(18)17-11-3-2-4-16-12(11)14/h2-7H,15H2,1H3,(H,17,18). The number of carbonyl (C=O) groups is 1. The molecule has 0 radical (unpaired) electrons. The Hall–Kier alpha value is -2.27.